The molecule has 0 bridgehead atoms. The smallest absolute Gasteiger partial charge is 0.247 e. The minimum Gasteiger partial charge on any atom is -0.292 e. The van der Waals surface area contributed by atoms with Gasteiger partial charge in [0.2, 0.25) is 5.91 Å². The summed E-state index contributed by atoms with van der Waals surface area (Å²) >= 11 is 0. The van der Waals surface area contributed by atoms with Crippen molar-refractivity contribution in [1.29, 1.82) is 5.26 Å². The number of hydrogen-bond acceptors (Lipinski definition) is 5. The van der Waals surface area contributed by atoms with E-state index in [0.717, 1.165) is 0 Å². The lowest BCUT2D eigenvalue weighted by Crippen LogP contribution is -2.57. The third kappa shape index (κ3) is 2.33. The number of fused-ring (bicyclic) bond motifs is 1. The van der Waals surface area contributed by atoms with Crippen LogP contribution in [0.5, 0.6) is 0 Å². The van der Waals surface area contributed by atoms with E-state index in [1.807, 2.05) is 42.5 Å². The van der Waals surface area contributed by atoms with Crippen molar-refractivity contribution in [2.24, 2.45) is 5.41 Å². The Balaban J connectivity index is 2.03. The van der Waals surface area contributed by atoms with Crippen LogP contribution in [0.3, 0.4) is 0 Å². The number of carbonyl (C=O) groups is 2. The summed E-state index contributed by atoms with van der Waals surface area (Å²) in [6.45, 7) is 3.83. The van der Waals surface area contributed by atoms with Crippen molar-refractivity contribution in [2.75, 3.05) is 11.4 Å². The van der Waals surface area contributed by atoms with E-state index in [1.54, 1.807) is 37.1 Å². The number of nitriles is 1. The molecule has 1 amide bonds. The molecule has 1 aromatic heterocycles. The highest BCUT2D eigenvalue weighted by atomic mass is 16.2. The minimum atomic E-state index is -1.24. The summed E-state index contributed by atoms with van der Waals surface area (Å²) in [5.74, 6) is -0.0849. The van der Waals surface area contributed by atoms with Gasteiger partial charge in [0, 0.05) is 12.7 Å². The second-order valence-electron chi connectivity index (χ2n) is 7.41. The van der Waals surface area contributed by atoms with E-state index in [2.05, 4.69) is 10.2 Å². The number of ketones is 1. The number of allylic oxidation sites excluding steroid dienone is 1. The topological polar surface area (TPSA) is 87.0 Å². The molecule has 138 valence electrons. The predicted octanol–water partition coefficient (Wildman–Crippen LogP) is 2.75. The second-order valence-corrected chi connectivity index (χ2v) is 7.41. The van der Waals surface area contributed by atoms with Crippen molar-refractivity contribution < 1.29 is 9.59 Å². The molecule has 1 atom stereocenters. The van der Waals surface area contributed by atoms with Gasteiger partial charge < -0.3 is 0 Å². The van der Waals surface area contributed by atoms with Crippen LogP contribution in [0.15, 0.2) is 72.0 Å². The number of hydrogen-bond donors (Lipinski definition) is 0. The fraction of sp³-hybridized carbons (Fsp3) is 0.227. The highest BCUT2D eigenvalue weighted by Crippen LogP contribution is 2.52. The summed E-state index contributed by atoms with van der Waals surface area (Å²) in [5, 5.41) is 17.6. The average Bonchev–Trinajstić information content (AvgIpc) is 2.73. The van der Waals surface area contributed by atoms with Gasteiger partial charge in [-0.25, -0.2) is 0 Å². The molecule has 0 fully saturated rings. The lowest BCUT2D eigenvalue weighted by atomic mass is 9.56. The molecule has 6 heteroatoms. The lowest BCUT2D eigenvalue weighted by molar-refractivity contribution is -0.125. The summed E-state index contributed by atoms with van der Waals surface area (Å²) in [6, 6.07) is 14.7. The van der Waals surface area contributed by atoms with Crippen LogP contribution in [0.4, 0.5) is 5.82 Å². The maximum Gasteiger partial charge on any atom is 0.247 e. The molecule has 0 saturated carbocycles. The van der Waals surface area contributed by atoms with Crippen molar-refractivity contribution in [1.82, 2.24) is 10.2 Å². The molecule has 0 unspecified atom stereocenters. The first-order valence-electron chi connectivity index (χ1n) is 8.97. The molecule has 2 aliphatic rings. The summed E-state index contributed by atoms with van der Waals surface area (Å²) in [6.07, 6.45) is 4.97. The van der Waals surface area contributed by atoms with E-state index in [4.69, 9.17) is 0 Å². The van der Waals surface area contributed by atoms with Crippen molar-refractivity contribution in [2.45, 2.75) is 19.3 Å². The van der Waals surface area contributed by atoms with Gasteiger partial charge >= 0.3 is 0 Å². The molecule has 4 rings (SSSR count). The number of benzene rings is 1. The lowest BCUT2D eigenvalue weighted by Gasteiger charge is -2.48. The van der Waals surface area contributed by atoms with Crippen molar-refractivity contribution in [3.63, 3.8) is 0 Å². The van der Waals surface area contributed by atoms with E-state index in [0.29, 0.717) is 17.0 Å². The molecule has 0 saturated heterocycles. The number of amides is 1. The molecule has 1 aliphatic carbocycles. The summed E-state index contributed by atoms with van der Waals surface area (Å²) in [5.41, 5.74) is -0.798. The Hall–Kier alpha value is -3.59. The Morgan fingerprint density at radius 1 is 1.11 bits per heavy atom. The summed E-state index contributed by atoms with van der Waals surface area (Å²) in [7, 11) is 0. The van der Waals surface area contributed by atoms with Gasteiger partial charge in [0.05, 0.1) is 11.0 Å². The van der Waals surface area contributed by atoms with E-state index in [-0.39, 0.29) is 23.8 Å². The van der Waals surface area contributed by atoms with Crippen LogP contribution in [0, 0.1) is 16.7 Å². The molecule has 28 heavy (non-hydrogen) atoms. The van der Waals surface area contributed by atoms with Crippen molar-refractivity contribution >= 4 is 17.5 Å². The number of Topliss-reactive ketones (excluding diaryl/α,β-unsaturated/α-hetero) is 1. The Kier molecular flexibility index (Phi) is 3.97. The molecule has 6 nitrogen and oxygen atoms in total. The van der Waals surface area contributed by atoms with E-state index < -0.39 is 10.8 Å². The first-order chi connectivity index (χ1) is 13.4. The van der Waals surface area contributed by atoms with Crippen LogP contribution in [0.1, 0.15) is 19.4 Å². The van der Waals surface area contributed by atoms with Gasteiger partial charge in [-0.2, -0.15) is 10.4 Å². The SMILES string of the molecule is CC1(C)C(=O)C(C#N)=C[C@@]2(c3ccccc3)C(=O)N(c3cccnn3)CC=C12. The normalized spacial score (nSPS) is 23.4. The number of aromatic nitrogens is 2. The Morgan fingerprint density at radius 2 is 1.86 bits per heavy atom. The van der Waals surface area contributed by atoms with Crippen LogP contribution in [-0.2, 0) is 15.0 Å². The quantitative estimate of drug-likeness (QED) is 0.759. The minimum absolute atomic E-state index is 0.000323. The zero-order valence-corrected chi connectivity index (χ0v) is 15.6. The third-order valence-corrected chi connectivity index (χ3v) is 5.52. The van der Waals surface area contributed by atoms with Crippen LogP contribution >= 0.6 is 0 Å². The Morgan fingerprint density at radius 3 is 2.50 bits per heavy atom. The summed E-state index contributed by atoms with van der Waals surface area (Å²) < 4.78 is 0. The van der Waals surface area contributed by atoms with Crippen molar-refractivity contribution in [3.05, 3.63) is 77.5 Å². The van der Waals surface area contributed by atoms with Gasteiger partial charge in [-0.05, 0) is 43.2 Å². The average molecular weight is 370 g/mol. The Labute approximate surface area is 162 Å². The third-order valence-electron chi connectivity index (χ3n) is 5.52. The first-order valence-corrected chi connectivity index (χ1v) is 8.97. The van der Waals surface area contributed by atoms with E-state index in [9.17, 15) is 14.9 Å². The number of carbonyl (C=O) groups excluding carboxylic acids is 2. The number of nitrogens with zero attached hydrogens (tertiary/aromatic N) is 4. The fourth-order valence-corrected chi connectivity index (χ4v) is 4.16. The van der Waals surface area contributed by atoms with Crippen molar-refractivity contribution in [3.8, 4) is 6.07 Å². The van der Waals surface area contributed by atoms with Gasteiger partial charge in [-0.1, -0.05) is 36.4 Å². The zero-order valence-electron chi connectivity index (χ0n) is 15.6. The molecule has 0 spiro atoms. The van der Waals surface area contributed by atoms with Crippen LogP contribution in [-0.4, -0.2) is 28.4 Å². The molecular formula is C22H18N4O2. The molecule has 2 heterocycles. The van der Waals surface area contributed by atoms with E-state index >= 15 is 0 Å². The maximum absolute atomic E-state index is 13.9. The van der Waals surface area contributed by atoms with Gasteiger partial charge in [-0.15, -0.1) is 5.10 Å². The maximum atomic E-state index is 13.9. The summed E-state index contributed by atoms with van der Waals surface area (Å²) in [4.78, 5) is 28.3. The molecule has 1 aliphatic heterocycles. The van der Waals surface area contributed by atoms with Gasteiger partial charge in [-0.3, -0.25) is 14.5 Å². The Bertz CT molecular complexity index is 1060. The van der Waals surface area contributed by atoms with Crippen LogP contribution < -0.4 is 4.90 Å². The predicted molar refractivity (Wildman–Crippen MR) is 103 cm³/mol. The monoisotopic (exact) mass is 370 g/mol. The first kappa shape index (κ1) is 17.8. The highest BCUT2D eigenvalue weighted by molar-refractivity contribution is 6.14. The van der Waals surface area contributed by atoms with Gasteiger partial charge in [0.15, 0.2) is 11.6 Å². The zero-order chi connectivity index (χ0) is 19.9. The second kappa shape index (κ2) is 6.24. The van der Waals surface area contributed by atoms with Crippen LogP contribution in [0.2, 0.25) is 0 Å². The molecule has 2 aromatic rings. The van der Waals surface area contributed by atoms with Crippen LogP contribution in [0.25, 0.3) is 0 Å². The van der Waals surface area contributed by atoms with E-state index in [1.165, 1.54) is 6.08 Å². The standard InChI is InChI=1S/C22H18N4O2/c1-21(2)17-10-12-26(18-9-6-11-24-25-18)20(28)22(17,13-15(14-23)19(21)27)16-7-4-3-5-8-16/h3-11,13H,12H2,1-2H3/t22-/m0/s1. The molecule has 1 aromatic carbocycles. The number of anilines is 1. The molecule has 0 N–H and O–H groups in total. The highest BCUT2D eigenvalue weighted by Gasteiger charge is 2.57. The molecule has 0 radical (unpaired) electrons. The van der Waals surface area contributed by atoms with Gasteiger partial charge in [0.25, 0.3) is 0 Å². The largest absolute Gasteiger partial charge is 0.292 e. The van der Waals surface area contributed by atoms with Gasteiger partial charge in [0.1, 0.15) is 11.5 Å². The number of rotatable bonds is 2. The molecular weight excluding hydrogens is 352 g/mol. The fourth-order valence-electron chi connectivity index (χ4n) is 4.16.